The molecule has 1 aliphatic rings. The average molecular weight is 394 g/mol. The molecule has 148 valence electrons. The summed E-state index contributed by atoms with van der Waals surface area (Å²) >= 11 is 4.00. The summed E-state index contributed by atoms with van der Waals surface area (Å²) in [6.07, 6.45) is -0.259. The molecule has 1 heterocycles. The first-order valence-corrected chi connectivity index (χ1v) is 8.58. The van der Waals surface area contributed by atoms with Crippen molar-refractivity contribution in [2.24, 2.45) is 11.7 Å². The fourth-order valence-electron chi connectivity index (χ4n) is 2.13. The van der Waals surface area contributed by atoms with Crippen LogP contribution in [-0.4, -0.2) is 69.0 Å². The minimum atomic E-state index is -1.25. The van der Waals surface area contributed by atoms with E-state index in [0.717, 1.165) is 0 Å². The van der Waals surface area contributed by atoms with E-state index in [9.17, 15) is 24.3 Å². The number of aliphatic carboxylic acids is 2. The number of thiol groups is 1. The van der Waals surface area contributed by atoms with Crippen LogP contribution in [0.15, 0.2) is 0 Å². The zero-order chi connectivity index (χ0) is 19.9. The number of carboxylic acid groups (broad SMARTS) is 2. The molecular formula is C14H24N3O8S+. The molecule has 2 amide bonds. The van der Waals surface area contributed by atoms with E-state index in [0.29, 0.717) is 0 Å². The summed E-state index contributed by atoms with van der Waals surface area (Å²) in [7, 11) is 0. The second-order valence-electron chi connectivity index (χ2n) is 5.92. The molecule has 7 N–H and O–H groups in total. The Morgan fingerprint density at radius 2 is 1.85 bits per heavy atom. The van der Waals surface area contributed by atoms with Crippen LogP contribution in [0, 0.1) is 5.92 Å². The molecule has 0 aromatic heterocycles. The van der Waals surface area contributed by atoms with Crippen molar-refractivity contribution in [1.82, 2.24) is 10.6 Å². The Bertz CT molecular complexity index is 542. The van der Waals surface area contributed by atoms with Gasteiger partial charge in [-0.2, -0.15) is 12.6 Å². The molecule has 0 aromatic carbocycles. The first-order chi connectivity index (χ1) is 12.2. The van der Waals surface area contributed by atoms with E-state index in [1.54, 1.807) is 6.92 Å². The van der Waals surface area contributed by atoms with Gasteiger partial charge < -0.3 is 26.6 Å². The van der Waals surface area contributed by atoms with Gasteiger partial charge in [0.1, 0.15) is 18.1 Å². The number of amides is 2. The van der Waals surface area contributed by atoms with Crippen LogP contribution in [0.1, 0.15) is 26.2 Å². The summed E-state index contributed by atoms with van der Waals surface area (Å²) in [5.41, 5.74) is 5.34. The Hall–Kier alpha value is -1.89. The van der Waals surface area contributed by atoms with E-state index in [-0.39, 0.29) is 25.0 Å². The normalized spacial score (nSPS) is 20.3. The van der Waals surface area contributed by atoms with E-state index in [1.165, 1.54) is 0 Å². The molecule has 0 spiro atoms. The Morgan fingerprint density at radius 3 is 2.31 bits per heavy atom. The van der Waals surface area contributed by atoms with E-state index in [2.05, 4.69) is 33.0 Å². The number of aliphatic hydroxyl groups is 1. The van der Waals surface area contributed by atoms with E-state index >= 15 is 0 Å². The van der Waals surface area contributed by atoms with Gasteiger partial charge in [0.05, 0.1) is 5.92 Å². The maximum absolute atomic E-state index is 12.2. The number of hydrogen-bond donors (Lipinski definition) is 6. The van der Waals surface area contributed by atoms with Gasteiger partial charge in [-0.25, -0.2) is 9.68 Å². The van der Waals surface area contributed by atoms with Crippen LogP contribution < -0.4 is 16.4 Å². The highest BCUT2D eigenvalue weighted by Crippen LogP contribution is 2.22. The summed E-state index contributed by atoms with van der Waals surface area (Å²) in [5.74, 6) is -4.21. The summed E-state index contributed by atoms with van der Waals surface area (Å²) in [6, 6.07) is -3.32. The molecule has 0 radical (unpaired) electrons. The van der Waals surface area contributed by atoms with Crippen molar-refractivity contribution < 1.29 is 39.2 Å². The van der Waals surface area contributed by atoms with Crippen molar-refractivity contribution >= 4 is 36.4 Å². The van der Waals surface area contributed by atoms with Crippen molar-refractivity contribution in [3.8, 4) is 0 Å². The van der Waals surface area contributed by atoms with Crippen molar-refractivity contribution in [2.75, 3.05) is 5.75 Å². The predicted molar refractivity (Wildman–Crippen MR) is 91.1 cm³/mol. The fourth-order valence-corrected chi connectivity index (χ4v) is 2.39. The highest BCUT2D eigenvalue weighted by molar-refractivity contribution is 7.80. The third-order valence-corrected chi connectivity index (χ3v) is 4.20. The summed E-state index contributed by atoms with van der Waals surface area (Å²) in [4.78, 5) is 54.3. The second kappa shape index (κ2) is 10.3. The molecule has 1 rings (SSSR count). The maximum Gasteiger partial charge on any atom is 0.374 e. The Morgan fingerprint density at radius 1 is 1.23 bits per heavy atom. The van der Waals surface area contributed by atoms with Gasteiger partial charge in [-0.15, -0.1) is 0 Å². The van der Waals surface area contributed by atoms with Gasteiger partial charge in [-0.1, -0.05) is 0 Å². The van der Waals surface area contributed by atoms with Crippen molar-refractivity contribution in [3.63, 3.8) is 0 Å². The number of rotatable bonds is 12. The topological polar surface area (TPSA) is 184 Å². The molecule has 5 atom stereocenters. The minimum Gasteiger partial charge on any atom is -0.480 e. The van der Waals surface area contributed by atoms with E-state index in [1.807, 2.05) is 0 Å². The number of nitrogens with one attached hydrogen (secondary N) is 2. The molecule has 1 aliphatic heterocycles. The molecule has 1 saturated heterocycles. The van der Waals surface area contributed by atoms with Gasteiger partial charge in [0.25, 0.3) is 0 Å². The minimum absolute atomic E-state index is 0.0217. The van der Waals surface area contributed by atoms with Gasteiger partial charge >= 0.3 is 18.2 Å². The lowest BCUT2D eigenvalue weighted by Gasteiger charge is -2.21. The largest absolute Gasteiger partial charge is 0.480 e. The molecule has 0 bridgehead atoms. The Balaban J connectivity index is 2.49. The standard InChI is InChI=1S/C14H23N3O8S/c1-6(14-24-25-14)10(13(22)23)17-11(19)8(5-26)16-9(18)4-2-3-7(15)12(20)21/h6-8,10,14,26H,2-5,15H2,1H3,(H,16,18)(H,17,19)(H,20,21)(H,22,23)/p+1/t6-,7-,8-,10+/m0/s1. The zero-order valence-electron chi connectivity index (χ0n) is 14.1. The molecule has 0 aliphatic carbocycles. The second-order valence-corrected chi connectivity index (χ2v) is 6.29. The maximum atomic E-state index is 12.2. The Kier molecular flexibility index (Phi) is 8.78. The third-order valence-electron chi connectivity index (χ3n) is 3.84. The Labute approximate surface area is 154 Å². The van der Waals surface area contributed by atoms with Gasteiger partial charge in [0.15, 0.2) is 0 Å². The summed E-state index contributed by atoms with van der Waals surface area (Å²) < 4.78 is 0. The lowest BCUT2D eigenvalue weighted by molar-refractivity contribution is -0.144. The third kappa shape index (κ3) is 7.15. The van der Waals surface area contributed by atoms with Crippen molar-refractivity contribution in [1.29, 1.82) is 0 Å². The van der Waals surface area contributed by atoms with Crippen LogP contribution in [-0.2, 0) is 24.1 Å². The smallest absolute Gasteiger partial charge is 0.374 e. The van der Waals surface area contributed by atoms with Crippen LogP contribution in [0.3, 0.4) is 0 Å². The van der Waals surface area contributed by atoms with Crippen LogP contribution in [0.2, 0.25) is 0 Å². The van der Waals surface area contributed by atoms with Crippen LogP contribution in [0.5, 0.6) is 0 Å². The number of carboxylic acids is 2. The zero-order valence-corrected chi connectivity index (χ0v) is 15.0. The number of carbonyl (C=O) groups is 4. The van der Waals surface area contributed by atoms with Crippen LogP contribution >= 0.6 is 12.6 Å². The van der Waals surface area contributed by atoms with Gasteiger partial charge in [0.2, 0.25) is 11.8 Å². The molecule has 0 unspecified atom stereocenters. The summed E-state index contributed by atoms with van der Waals surface area (Å²) in [6.45, 7) is 1.57. The highest BCUT2D eigenvalue weighted by Gasteiger charge is 2.49. The molecular weight excluding hydrogens is 370 g/mol. The number of carbonyl (C=O) groups excluding carboxylic acids is 2. The van der Waals surface area contributed by atoms with Crippen molar-refractivity contribution in [2.45, 2.75) is 50.6 Å². The molecule has 26 heavy (non-hydrogen) atoms. The molecule has 1 fully saturated rings. The van der Waals surface area contributed by atoms with E-state index in [4.69, 9.17) is 10.8 Å². The molecule has 11 nitrogen and oxygen atoms in total. The number of nitrogens with two attached hydrogens (primary N) is 1. The first kappa shape index (κ1) is 22.2. The lowest BCUT2D eigenvalue weighted by Crippen LogP contribution is -2.54. The number of hydrogen-bond acceptors (Lipinski definition) is 7. The average Bonchev–Trinajstić information content (AvgIpc) is 3.41. The van der Waals surface area contributed by atoms with Gasteiger partial charge in [-0.3, -0.25) is 14.4 Å². The van der Waals surface area contributed by atoms with Crippen LogP contribution in [0.25, 0.3) is 0 Å². The van der Waals surface area contributed by atoms with Gasteiger partial charge in [0, 0.05) is 12.2 Å². The fraction of sp³-hybridized carbons (Fsp3) is 0.714. The first-order valence-electron chi connectivity index (χ1n) is 7.95. The van der Waals surface area contributed by atoms with Crippen molar-refractivity contribution in [3.05, 3.63) is 0 Å². The van der Waals surface area contributed by atoms with E-state index < -0.39 is 54.1 Å². The van der Waals surface area contributed by atoms with Crippen LogP contribution in [0.4, 0.5) is 0 Å². The lowest BCUT2D eigenvalue weighted by atomic mass is 10.0. The SMILES string of the molecule is C[C@H]([C@@H]1O[OH+]1)[C@@H](NC(=O)[C@H](CS)NC(=O)CCC[C@H](N)C(=O)O)C(=O)O. The molecule has 12 heteroatoms. The molecule has 0 aromatic rings. The highest BCUT2D eigenvalue weighted by atomic mass is 32.1. The monoisotopic (exact) mass is 394 g/mol. The predicted octanol–water partition coefficient (Wildman–Crippen LogP) is -2.01. The quantitative estimate of drug-likeness (QED) is 0.0948. The molecule has 0 saturated carbocycles. The van der Waals surface area contributed by atoms with Gasteiger partial charge in [-0.05, 0) is 24.7 Å². The summed E-state index contributed by atoms with van der Waals surface area (Å²) in [5, 5.41) is 22.7.